The van der Waals surface area contributed by atoms with E-state index in [0.29, 0.717) is 12.5 Å². The minimum absolute atomic E-state index is 0.177. The molecule has 1 aromatic carbocycles. The summed E-state index contributed by atoms with van der Waals surface area (Å²) in [5, 5.41) is 5.26. The second-order valence-electron chi connectivity index (χ2n) is 4.71. The van der Waals surface area contributed by atoms with Crippen molar-refractivity contribution in [2.45, 2.75) is 26.8 Å². The van der Waals surface area contributed by atoms with Crippen molar-refractivity contribution in [1.29, 1.82) is 0 Å². The zero-order chi connectivity index (χ0) is 13.5. The molecule has 0 radical (unpaired) electrons. The molecule has 2 N–H and O–H groups in total. The number of carbonyl (C=O) groups is 2. The van der Waals surface area contributed by atoms with Gasteiger partial charge in [0.25, 0.3) is 0 Å². The van der Waals surface area contributed by atoms with Crippen LogP contribution in [0, 0.1) is 5.92 Å². The first-order valence-corrected chi connectivity index (χ1v) is 6.14. The van der Waals surface area contributed by atoms with Gasteiger partial charge in [0.15, 0.2) is 0 Å². The number of benzene rings is 1. The molecule has 1 aromatic rings. The highest BCUT2D eigenvalue weighted by molar-refractivity contribution is 6.35. The Bertz CT molecular complexity index is 402. The largest absolute Gasteiger partial charge is 0.348 e. The number of hydrogen-bond donors (Lipinski definition) is 2. The third-order valence-electron chi connectivity index (χ3n) is 2.52. The minimum Gasteiger partial charge on any atom is -0.348 e. The number of carbonyl (C=O) groups excluding carboxylic acids is 2. The molecule has 0 saturated heterocycles. The van der Waals surface area contributed by atoms with Crippen molar-refractivity contribution in [2.75, 3.05) is 6.54 Å². The number of amides is 2. The lowest BCUT2D eigenvalue weighted by Gasteiger charge is -2.14. The second kappa shape index (κ2) is 6.79. The molecule has 0 fully saturated rings. The molecule has 2 amide bonds. The maximum atomic E-state index is 11.6. The highest BCUT2D eigenvalue weighted by atomic mass is 16.2. The van der Waals surface area contributed by atoms with Gasteiger partial charge in [-0.15, -0.1) is 0 Å². The van der Waals surface area contributed by atoms with Gasteiger partial charge in [0.1, 0.15) is 0 Å². The molecule has 1 rings (SSSR count). The van der Waals surface area contributed by atoms with Crippen LogP contribution in [0.1, 0.15) is 32.4 Å². The summed E-state index contributed by atoms with van der Waals surface area (Å²) >= 11 is 0. The lowest BCUT2D eigenvalue weighted by molar-refractivity contribution is -0.139. The zero-order valence-electron chi connectivity index (χ0n) is 11.1. The second-order valence-corrected chi connectivity index (χ2v) is 4.71. The molecule has 1 atom stereocenters. The summed E-state index contributed by atoms with van der Waals surface area (Å²) in [6.45, 7) is 6.31. The summed E-state index contributed by atoms with van der Waals surface area (Å²) in [4.78, 5) is 23.1. The Hall–Kier alpha value is -1.84. The smallest absolute Gasteiger partial charge is 0.309 e. The summed E-state index contributed by atoms with van der Waals surface area (Å²) in [5.74, 6) is -0.841. The van der Waals surface area contributed by atoms with E-state index in [0.717, 1.165) is 5.56 Å². The predicted octanol–water partition coefficient (Wildman–Crippen LogP) is 1.64. The topological polar surface area (TPSA) is 58.2 Å². The fourth-order valence-corrected chi connectivity index (χ4v) is 1.46. The first kappa shape index (κ1) is 14.2. The molecule has 0 heterocycles. The van der Waals surface area contributed by atoms with Crippen LogP contribution in [0.5, 0.6) is 0 Å². The van der Waals surface area contributed by atoms with Crippen LogP contribution in [-0.2, 0) is 9.59 Å². The summed E-state index contributed by atoms with van der Waals surface area (Å²) in [6, 6.07) is 9.36. The van der Waals surface area contributed by atoms with E-state index >= 15 is 0 Å². The molecule has 0 unspecified atom stereocenters. The van der Waals surface area contributed by atoms with Crippen molar-refractivity contribution in [2.24, 2.45) is 5.92 Å². The van der Waals surface area contributed by atoms with Gasteiger partial charge in [0.2, 0.25) is 0 Å². The number of nitrogens with one attached hydrogen (secondary N) is 2. The van der Waals surface area contributed by atoms with Crippen molar-refractivity contribution in [3.05, 3.63) is 35.9 Å². The van der Waals surface area contributed by atoms with Crippen LogP contribution in [0.4, 0.5) is 0 Å². The van der Waals surface area contributed by atoms with E-state index in [1.54, 1.807) is 0 Å². The molecule has 98 valence electrons. The first-order valence-electron chi connectivity index (χ1n) is 6.14. The van der Waals surface area contributed by atoms with Gasteiger partial charge in [-0.25, -0.2) is 0 Å². The summed E-state index contributed by atoms with van der Waals surface area (Å²) < 4.78 is 0. The van der Waals surface area contributed by atoms with Gasteiger partial charge in [0.05, 0.1) is 6.04 Å². The Morgan fingerprint density at radius 1 is 1.06 bits per heavy atom. The molecule has 4 nitrogen and oxygen atoms in total. The summed E-state index contributed by atoms with van der Waals surface area (Å²) in [5.41, 5.74) is 0.975. The predicted molar refractivity (Wildman–Crippen MR) is 70.8 cm³/mol. The number of rotatable bonds is 4. The van der Waals surface area contributed by atoms with Crippen LogP contribution in [0.15, 0.2) is 30.3 Å². The lowest BCUT2D eigenvalue weighted by Crippen LogP contribution is -2.42. The van der Waals surface area contributed by atoms with E-state index in [9.17, 15) is 9.59 Å². The van der Waals surface area contributed by atoms with Gasteiger partial charge in [-0.2, -0.15) is 0 Å². The van der Waals surface area contributed by atoms with Crippen LogP contribution in [0.2, 0.25) is 0 Å². The Balaban J connectivity index is 2.47. The fraction of sp³-hybridized carbons (Fsp3) is 0.429. The normalized spacial score (nSPS) is 12.0. The molecular formula is C14H20N2O2. The molecular weight excluding hydrogens is 228 g/mol. The molecule has 0 aliphatic heterocycles. The van der Waals surface area contributed by atoms with E-state index in [-0.39, 0.29) is 6.04 Å². The van der Waals surface area contributed by atoms with Crippen molar-refractivity contribution in [3.8, 4) is 0 Å². The van der Waals surface area contributed by atoms with Gasteiger partial charge in [-0.1, -0.05) is 44.2 Å². The molecule has 0 aliphatic carbocycles. The Morgan fingerprint density at radius 2 is 1.67 bits per heavy atom. The number of hydrogen-bond acceptors (Lipinski definition) is 2. The SMILES string of the molecule is CC(C)CNC(=O)C(=O)N[C@@H](C)c1ccccc1. The van der Waals surface area contributed by atoms with Gasteiger partial charge in [-0.3, -0.25) is 9.59 Å². The molecule has 0 spiro atoms. The van der Waals surface area contributed by atoms with E-state index < -0.39 is 11.8 Å². The third kappa shape index (κ3) is 4.57. The molecule has 0 aliphatic rings. The average molecular weight is 248 g/mol. The average Bonchev–Trinajstić information content (AvgIpc) is 2.36. The van der Waals surface area contributed by atoms with Crippen LogP contribution in [0.25, 0.3) is 0 Å². The van der Waals surface area contributed by atoms with Gasteiger partial charge < -0.3 is 10.6 Å². The van der Waals surface area contributed by atoms with Crippen LogP contribution < -0.4 is 10.6 Å². The highest BCUT2D eigenvalue weighted by Gasteiger charge is 2.16. The van der Waals surface area contributed by atoms with Crippen molar-refractivity contribution >= 4 is 11.8 Å². The van der Waals surface area contributed by atoms with Crippen LogP contribution in [-0.4, -0.2) is 18.4 Å². The van der Waals surface area contributed by atoms with Crippen LogP contribution in [0.3, 0.4) is 0 Å². The van der Waals surface area contributed by atoms with Gasteiger partial charge in [-0.05, 0) is 18.4 Å². The fourth-order valence-electron chi connectivity index (χ4n) is 1.46. The summed E-state index contributed by atoms with van der Waals surface area (Å²) in [7, 11) is 0. The van der Waals surface area contributed by atoms with E-state index in [4.69, 9.17) is 0 Å². The third-order valence-corrected chi connectivity index (χ3v) is 2.52. The standard InChI is InChI=1S/C14H20N2O2/c1-10(2)9-15-13(17)14(18)16-11(3)12-7-5-4-6-8-12/h4-8,10-11H,9H2,1-3H3,(H,15,17)(H,16,18)/t11-/m0/s1. The van der Waals surface area contributed by atoms with Gasteiger partial charge >= 0.3 is 11.8 Å². The van der Waals surface area contributed by atoms with Gasteiger partial charge in [0, 0.05) is 6.54 Å². The van der Waals surface area contributed by atoms with Crippen molar-refractivity contribution in [1.82, 2.24) is 10.6 Å². The monoisotopic (exact) mass is 248 g/mol. The molecule has 0 bridgehead atoms. The lowest BCUT2D eigenvalue weighted by atomic mass is 10.1. The van der Waals surface area contributed by atoms with E-state index in [2.05, 4.69) is 10.6 Å². The molecule has 0 saturated carbocycles. The Kier molecular flexibility index (Phi) is 5.36. The first-order chi connectivity index (χ1) is 8.50. The van der Waals surface area contributed by atoms with E-state index in [1.165, 1.54) is 0 Å². The molecule has 0 aromatic heterocycles. The van der Waals surface area contributed by atoms with Crippen LogP contribution >= 0.6 is 0 Å². The maximum Gasteiger partial charge on any atom is 0.309 e. The zero-order valence-corrected chi connectivity index (χ0v) is 11.1. The molecule has 18 heavy (non-hydrogen) atoms. The van der Waals surface area contributed by atoms with E-state index in [1.807, 2.05) is 51.1 Å². The van der Waals surface area contributed by atoms with Crippen molar-refractivity contribution in [3.63, 3.8) is 0 Å². The van der Waals surface area contributed by atoms with Crippen molar-refractivity contribution < 1.29 is 9.59 Å². The maximum absolute atomic E-state index is 11.6. The summed E-state index contributed by atoms with van der Waals surface area (Å²) in [6.07, 6.45) is 0. The molecule has 4 heteroatoms. The quantitative estimate of drug-likeness (QED) is 0.796. The Labute approximate surface area is 108 Å². The minimum atomic E-state index is -0.591. The highest BCUT2D eigenvalue weighted by Crippen LogP contribution is 2.10. The Morgan fingerprint density at radius 3 is 2.22 bits per heavy atom.